The van der Waals surface area contributed by atoms with Crippen molar-refractivity contribution in [2.45, 2.75) is 26.7 Å². The number of hydrazine groups is 1. The van der Waals surface area contributed by atoms with Gasteiger partial charge in [-0.1, -0.05) is 44.2 Å². The van der Waals surface area contributed by atoms with Crippen LogP contribution in [0.15, 0.2) is 48.5 Å². The zero-order chi connectivity index (χ0) is 20.5. The Morgan fingerprint density at radius 3 is 2.54 bits per heavy atom. The van der Waals surface area contributed by atoms with Crippen LogP contribution in [-0.2, 0) is 9.59 Å². The monoisotopic (exact) mass is 382 g/mol. The summed E-state index contributed by atoms with van der Waals surface area (Å²) in [5.74, 6) is 0.696. The first-order chi connectivity index (χ1) is 13.4. The molecule has 0 spiro atoms. The van der Waals surface area contributed by atoms with E-state index in [1.807, 2.05) is 43.3 Å². The van der Waals surface area contributed by atoms with Crippen molar-refractivity contribution in [3.63, 3.8) is 0 Å². The van der Waals surface area contributed by atoms with Gasteiger partial charge in [0.2, 0.25) is 0 Å². The molecule has 2 aromatic rings. The number of para-hydroxylation sites is 1. The third kappa shape index (κ3) is 6.16. The van der Waals surface area contributed by atoms with Crippen molar-refractivity contribution in [2.75, 3.05) is 13.7 Å². The molecule has 2 aromatic carbocycles. The zero-order valence-corrected chi connectivity index (χ0v) is 16.6. The first-order valence-electron chi connectivity index (χ1n) is 9.04. The molecule has 2 amide bonds. The molecule has 0 fully saturated rings. The Kier molecular flexibility index (Phi) is 7.63. The summed E-state index contributed by atoms with van der Waals surface area (Å²) in [6, 6.07) is 13.2. The SMILES string of the molecule is COc1ccccc1/C=C/C(=O)NNC(=O)COc1cc(C)ccc1C(C)C. The van der Waals surface area contributed by atoms with Gasteiger partial charge in [-0.25, -0.2) is 0 Å². The lowest BCUT2D eigenvalue weighted by molar-refractivity contribution is -0.128. The average molecular weight is 382 g/mol. The molecule has 0 saturated heterocycles. The summed E-state index contributed by atoms with van der Waals surface area (Å²) in [6.07, 6.45) is 2.93. The van der Waals surface area contributed by atoms with Crippen LogP contribution in [-0.4, -0.2) is 25.5 Å². The highest BCUT2D eigenvalue weighted by Gasteiger charge is 2.10. The van der Waals surface area contributed by atoms with E-state index in [4.69, 9.17) is 9.47 Å². The van der Waals surface area contributed by atoms with Crippen molar-refractivity contribution in [2.24, 2.45) is 0 Å². The molecule has 0 aliphatic heterocycles. The molecule has 6 heteroatoms. The van der Waals surface area contributed by atoms with Crippen LogP contribution in [0.1, 0.15) is 36.5 Å². The highest BCUT2D eigenvalue weighted by molar-refractivity contribution is 5.93. The lowest BCUT2D eigenvalue weighted by Crippen LogP contribution is -2.43. The molecule has 0 heterocycles. The molecule has 0 saturated carbocycles. The van der Waals surface area contributed by atoms with Gasteiger partial charge in [0.25, 0.3) is 11.8 Å². The predicted octanol–water partition coefficient (Wildman–Crippen LogP) is 3.37. The van der Waals surface area contributed by atoms with Crippen molar-refractivity contribution in [3.8, 4) is 11.5 Å². The number of methoxy groups -OCH3 is 1. The third-order valence-corrected chi connectivity index (χ3v) is 4.03. The van der Waals surface area contributed by atoms with Crippen molar-refractivity contribution in [1.82, 2.24) is 10.9 Å². The van der Waals surface area contributed by atoms with Crippen LogP contribution >= 0.6 is 0 Å². The molecule has 0 atom stereocenters. The third-order valence-electron chi connectivity index (χ3n) is 4.03. The van der Waals surface area contributed by atoms with Gasteiger partial charge in [0, 0.05) is 11.6 Å². The maximum Gasteiger partial charge on any atom is 0.276 e. The molecule has 0 aliphatic rings. The Morgan fingerprint density at radius 1 is 1.07 bits per heavy atom. The van der Waals surface area contributed by atoms with E-state index in [0.717, 1.165) is 16.7 Å². The van der Waals surface area contributed by atoms with Crippen molar-refractivity contribution in [1.29, 1.82) is 0 Å². The van der Waals surface area contributed by atoms with Crippen LogP contribution in [0.3, 0.4) is 0 Å². The average Bonchev–Trinajstić information content (AvgIpc) is 2.69. The maximum atomic E-state index is 12.0. The van der Waals surface area contributed by atoms with E-state index in [0.29, 0.717) is 11.5 Å². The fourth-order valence-corrected chi connectivity index (χ4v) is 2.57. The number of aryl methyl sites for hydroxylation is 1. The normalized spacial score (nSPS) is 10.8. The zero-order valence-electron chi connectivity index (χ0n) is 16.6. The standard InChI is InChI=1S/C22H26N2O4/c1-15(2)18-11-9-16(3)13-20(18)28-14-22(26)24-23-21(25)12-10-17-7-5-6-8-19(17)27-4/h5-13,15H,14H2,1-4H3,(H,23,25)(H,24,26)/b12-10+. The summed E-state index contributed by atoms with van der Waals surface area (Å²) >= 11 is 0. The highest BCUT2D eigenvalue weighted by Crippen LogP contribution is 2.27. The largest absolute Gasteiger partial charge is 0.496 e. The van der Waals surface area contributed by atoms with Crippen molar-refractivity contribution < 1.29 is 19.1 Å². The quantitative estimate of drug-likeness (QED) is 0.569. The Morgan fingerprint density at radius 2 is 1.82 bits per heavy atom. The van der Waals surface area contributed by atoms with Gasteiger partial charge in [-0.3, -0.25) is 20.4 Å². The van der Waals surface area contributed by atoms with Gasteiger partial charge in [0.15, 0.2) is 6.61 Å². The summed E-state index contributed by atoms with van der Waals surface area (Å²) in [5.41, 5.74) is 7.50. The molecule has 0 aromatic heterocycles. The van der Waals surface area contributed by atoms with E-state index in [2.05, 4.69) is 24.7 Å². The van der Waals surface area contributed by atoms with Crippen LogP contribution in [0.5, 0.6) is 11.5 Å². The second kappa shape index (κ2) is 10.2. The van der Waals surface area contributed by atoms with Crippen molar-refractivity contribution in [3.05, 3.63) is 65.2 Å². The fraction of sp³-hybridized carbons (Fsp3) is 0.273. The molecule has 28 heavy (non-hydrogen) atoms. The van der Waals surface area contributed by atoms with E-state index in [1.165, 1.54) is 6.08 Å². The molecule has 0 bridgehead atoms. The van der Waals surface area contributed by atoms with Gasteiger partial charge >= 0.3 is 0 Å². The topological polar surface area (TPSA) is 76.7 Å². The minimum Gasteiger partial charge on any atom is -0.496 e. The van der Waals surface area contributed by atoms with Gasteiger partial charge in [-0.05, 0) is 42.2 Å². The summed E-state index contributed by atoms with van der Waals surface area (Å²) in [6.45, 7) is 5.89. The summed E-state index contributed by atoms with van der Waals surface area (Å²) in [4.78, 5) is 23.9. The Hall–Kier alpha value is -3.28. The maximum absolute atomic E-state index is 12.0. The van der Waals surface area contributed by atoms with Crippen LogP contribution in [0, 0.1) is 6.92 Å². The van der Waals surface area contributed by atoms with Gasteiger partial charge in [-0.15, -0.1) is 0 Å². The Bertz CT molecular complexity index is 859. The summed E-state index contributed by atoms with van der Waals surface area (Å²) in [7, 11) is 1.56. The van der Waals surface area contributed by atoms with Crippen molar-refractivity contribution >= 4 is 17.9 Å². The second-order valence-corrected chi connectivity index (χ2v) is 6.60. The molecule has 148 valence electrons. The molecule has 2 N–H and O–H groups in total. The molecule has 0 unspecified atom stereocenters. The lowest BCUT2D eigenvalue weighted by Gasteiger charge is -2.14. The van der Waals surface area contributed by atoms with E-state index in [1.54, 1.807) is 19.3 Å². The summed E-state index contributed by atoms with van der Waals surface area (Å²) in [5, 5.41) is 0. The lowest BCUT2D eigenvalue weighted by atomic mass is 10.0. The summed E-state index contributed by atoms with van der Waals surface area (Å²) < 4.78 is 10.9. The van der Waals surface area contributed by atoms with E-state index in [-0.39, 0.29) is 12.5 Å². The number of nitrogens with one attached hydrogen (secondary N) is 2. The smallest absolute Gasteiger partial charge is 0.276 e. The van der Waals surface area contributed by atoms with Crippen LogP contribution < -0.4 is 20.3 Å². The minimum absolute atomic E-state index is 0.195. The number of benzene rings is 2. The molecule has 0 aliphatic carbocycles. The number of ether oxygens (including phenoxy) is 2. The highest BCUT2D eigenvalue weighted by atomic mass is 16.5. The van der Waals surface area contributed by atoms with Crippen LogP contribution in [0.2, 0.25) is 0 Å². The Balaban J connectivity index is 1.85. The minimum atomic E-state index is -0.460. The number of hydrogen-bond acceptors (Lipinski definition) is 4. The number of amides is 2. The Labute approximate surface area is 165 Å². The number of carbonyl (C=O) groups excluding carboxylic acids is 2. The van der Waals surface area contributed by atoms with Gasteiger partial charge < -0.3 is 9.47 Å². The van der Waals surface area contributed by atoms with Gasteiger partial charge in [0.1, 0.15) is 11.5 Å². The van der Waals surface area contributed by atoms with Gasteiger partial charge in [0.05, 0.1) is 7.11 Å². The molecule has 6 nitrogen and oxygen atoms in total. The number of rotatable bonds is 7. The fourth-order valence-electron chi connectivity index (χ4n) is 2.57. The number of carbonyl (C=O) groups is 2. The number of hydrogen-bond donors (Lipinski definition) is 2. The predicted molar refractivity (Wildman–Crippen MR) is 109 cm³/mol. The molecule has 2 rings (SSSR count). The first kappa shape index (κ1) is 21.0. The first-order valence-corrected chi connectivity index (χ1v) is 9.04. The second-order valence-electron chi connectivity index (χ2n) is 6.60. The van der Waals surface area contributed by atoms with Crippen LogP contribution in [0.4, 0.5) is 0 Å². The molecular weight excluding hydrogens is 356 g/mol. The van der Waals surface area contributed by atoms with E-state index in [9.17, 15) is 9.59 Å². The van der Waals surface area contributed by atoms with Gasteiger partial charge in [-0.2, -0.15) is 0 Å². The van der Waals surface area contributed by atoms with E-state index >= 15 is 0 Å². The van der Waals surface area contributed by atoms with Crippen LogP contribution in [0.25, 0.3) is 6.08 Å². The van der Waals surface area contributed by atoms with E-state index < -0.39 is 11.8 Å². The molecule has 0 radical (unpaired) electrons. The molecular formula is C22H26N2O4.